The smallest absolute Gasteiger partial charge is 0.267 e. The first kappa shape index (κ1) is 13.9. The molecular formula is C13H12F2N4O. The molecule has 0 spiro atoms. The van der Waals surface area contributed by atoms with Gasteiger partial charge in [0.2, 0.25) is 5.95 Å². The van der Waals surface area contributed by atoms with Crippen molar-refractivity contribution in [1.82, 2.24) is 15.2 Å². The van der Waals surface area contributed by atoms with E-state index in [1.165, 1.54) is 35.1 Å². The van der Waals surface area contributed by atoms with Crippen LogP contribution in [-0.2, 0) is 6.54 Å². The minimum Gasteiger partial charge on any atom is -0.267 e. The first-order valence-corrected chi connectivity index (χ1v) is 5.92. The number of nitrogens with zero attached hydrogens (tertiary/aromatic N) is 3. The number of rotatable bonds is 4. The van der Waals surface area contributed by atoms with Crippen molar-refractivity contribution in [2.24, 2.45) is 5.10 Å². The summed E-state index contributed by atoms with van der Waals surface area (Å²) in [6.45, 7) is 2.16. The van der Waals surface area contributed by atoms with Gasteiger partial charge in [-0.2, -0.15) is 14.6 Å². The van der Waals surface area contributed by atoms with Crippen LogP contribution in [0.1, 0.15) is 22.8 Å². The van der Waals surface area contributed by atoms with E-state index in [1.807, 2.05) is 0 Å². The van der Waals surface area contributed by atoms with E-state index in [-0.39, 0.29) is 11.1 Å². The monoisotopic (exact) mass is 278 g/mol. The summed E-state index contributed by atoms with van der Waals surface area (Å²) in [5, 5.41) is 7.43. The number of hydrogen-bond donors (Lipinski definition) is 1. The van der Waals surface area contributed by atoms with Gasteiger partial charge in [-0.05, 0) is 31.2 Å². The third-order valence-electron chi connectivity index (χ3n) is 2.58. The molecule has 0 aliphatic carbocycles. The highest BCUT2D eigenvalue weighted by Gasteiger charge is 2.07. The van der Waals surface area contributed by atoms with Gasteiger partial charge < -0.3 is 0 Å². The summed E-state index contributed by atoms with van der Waals surface area (Å²) >= 11 is 0. The van der Waals surface area contributed by atoms with Gasteiger partial charge in [-0.15, -0.1) is 0 Å². The zero-order valence-electron chi connectivity index (χ0n) is 10.7. The lowest BCUT2D eigenvalue weighted by Gasteiger charge is -1.99. The van der Waals surface area contributed by atoms with Crippen molar-refractivity contribution < 1.29 is 13.6 Å². The number of hydrogen-bond acceptors (Lipinski definition) is 3. The molecule has 0 radical (unpaired) electrons. The third-order valence-corrected chi connectivity index (χ3v) is 2.58. The molecule has 2 aromatic rings. The summed E-state index contributed by atoms with van der Waals surface area (Å²) in [6.07, 6.45) is 2.47. The maximum Gasteiger partial charge on any atom is 0.271 e. The van der Waals surface area contributed by atoms with Crippen LogP contribution in [0.4, 0.5) is 8.78 Å². The molecule has 2 rings (SSSR count). The molecule has 5 nitrogen and oxygen atoms in total. The summed E-state index contributed by atoms with van der Waals surface area (Å²) in [5.74, 6) is -1.46. The van der Waals surface area contributed by atoms with Crippen LogP contribution >= 0.6 is 0 Å². The van der Waals surface area contributed by atoms with E-state index in [9.17, 15) is 13.6 Å². The molecule has 0 aliphatic heterocycles. The first-order chi connectivity index (χ1) is 9.61. The number of benzene rings is 1. The maximum absolute atomic E-state index is 13.6. The summed E-state index contributed by atoms with van der Waals surface area (Å²) in [4.78, 5) is 11.6. The molecule has 1 aromatic heterocycles. The second-order valence-electron chi connectivity index (χ2n) is 3.91. The fourth-order valence-electron chi connectivity index (χ4n) is 1.52. The predicted octanol–water partition coefficient (Wildman–Crippen LogP) is 1.95. The van der Waals surface area contributed by atoms with Crippen molar-refractivity contribution in [2.45, 2.75) is 13.5 Å². The van der Waals surface area contributed by atoms with Crippen LogP contribution in [0.2, 0.25) is 0 Å². The number of aryl methyl sites for hydroxylation is 1. The Bertz CT molecular complexity index is 634. The highest BCUT2D eigenvalue weighted by atomic mass is 19.1. The van der Waals surface area contributed by atoms with Gasteiger partial charge in [0.15, 0.2) is 0 Å². The van der Waals surface area contributed by atoms with E-state index in [0.29, 0.717) is 6.54 Å². The highest BCUT2D eigenvalue weighted by molar-refractivity contribution is 5.94. The van der Waals surface area contributed by atoms with Crippen molar-refractivity contribution in [1.29, 1.82) is 0 Å². The van der Waals surface area contributed by atoms with Gasteiger partial charge in [-0.1, -0.05) is 0 Å². The van der Waals surface area contributed by atoms with Crippen molar-refractivity contribution in [3.63, 3.8) is 0 Å². The van der Waals surface area contributed by atoms with E-state index < -0.39 is 17.7 Å². The molecular weight excluding hydrogens is 266 g/mol. The number of carbonyl (C=O) groups excluding carboxylic acids is 1. The lowest BCUT2D eigenvalue weighted by molar-refractivity contribution is 0.0955. The van der Waals surface area contributed by atoms with Gasteiger partial charge in [-0.3, -0.25) is 4.79 Å². The van der Waals surface area contributed by atoms with Crippen molar-refractivity contribution in [3.05, 3.63) is 53.4 Å². The second-order valence-corrected chi connectivity index (χ2v) is 3.91. The second kappa shape index (κ2) is 6.05. The normalized spacial score (nSPS) is 10.9. The number of halogens is 2. The van der Waals surface area contributed by atoms with Crippen LogP contribution in [0.25, 0.3) is 0 Å². The highest BCUT2D eigenvalue weighted by Crippen LogP contribution is 2.04. The summed E-state index contributed by atoms with van der Waals surface area (Å²) in [7, 11) is 0. The van der Waals surface area contributed by atoms with Crippen molar-refractivity contribution in [3.8, 4) is 0 Å². The third kappa shape index (κ3) is 3.05. The van der Waals surface area contributed by atoms with Gasteiger partial charge in [0.25, 0.3) is 5.91 Å². The largest absolute Gasteiger partial charge is 0.271 e. The van der Waals surface area contributed by atoms with Crippen LogP contribution in [-0.4, -0.2) is 21.9 Å². The minimum absolute atomic E-state index is 0.172. The Morgan fingerprint density at radius 2 is 2.10 bits per heavy atom. The lowest BCUT2D eigenvalue weighted by atomic mass is 10.2. The molecule has 0 fully saturated rings. The Labute approximate surface area is 113 Å². The summed E-state index contributed by atoms with van der Waals surface area (Å²) < 4.78 is 27.4. The van der Waals surface area contributed by atoms with E-state index in [4.69, 9.17) is 0 Å². The molecule has 20 heavy (non-hydrogen) atoms. The van der Waals surface area contributed by atoms with Crippen LogP contribution < -0.4 is 5.43 Å². The number of amides is 1. The molecule has 0 saturated heterocycles. The van der Waals surface area contributed by atoms with Gasteiger partial charge >= 0.3 is 0 Å². The Hall–Kier alpha value is -2.57. The van der Waals surface area contributed by atoms with Crippen LogP contribution in [0.3, 0.4) is 0 Å². The zero-order chi connectivity index (χ0) is 14.5. The fraction of sp³-hybridized carbons (Fsp3) is 0.154. The van der Waals surface area contributed by atoms with Gasteiger partial charge in [0.1, 0.15) is 5.82 Å². The quantitative estimate of drug-likeness (QED) is 0.686. The summed E-state index contributed by atoms with van der Waals surface area (Å²) in [5.41, 5.74) is 2.66. The first-order valence-electron chi connectivity index (χ1n) is 5.92. The molecule has 1 heterocycles. The number of carbonyl (C=O) groups is 1. The molecule has 0 atom stereocenters. The number of aromatic nitrogens is 2. The Morgan fingerprint density at radius 3 is 2.70 bits per heavy atom. The summed E-state index contributed by atoms with van der Waals surface area (Å²) in [6, 6.07) is 5.00. The lowest BCUT2D eigenvalue weighted by Crippen LogP contribution is -2.17. The Kier molecular flexibility index (Phi) is 4.19. The van der Waals surface area contributed by atoms with E-state index in [2.05, 4.69) is 15.6 Å². The molecule has 0 unspecified atom stereocenters. The molecule has 1 N–H and O–H groups in total. The van der Waals surface area contributed by atoms with E-state index >= 15 is 0 Å². The molecule has 104 valence electrons. The van der Waals surface area contributed by atoms with Crippen LogP contribution in [0, 0.1) is 11.8 Å². The Balaban J connectivity index is 2.00. The zero-order valence-corrected chi connectivity index (χ0v) is 10.7. The standard InChI is InChI=1S/C13H12F2N4O/c1-2-19-12(15)10(8-17-19)7-16-18-13(20)9-3-5-11(14)6-4-9/h3-8H,2H2,1H3,(H,18,20). The number of hydrazone groups is 1. The molecule has 0 bridgehead atoms. The van der Waals surface area contributed by atoms with Crippen molar-refractivity contribution in [2.75, 3.05) is 0 Å². The Morgan fingerprint density at radius 1 is 1.40 bits per heavy atom. The maximum atomic E-state index is 13.6. The van der Waals surface area contributed by atoms with E-state index in [1.54, 1.807) is 6.92 Å². The minimum atomic E-state index is -0.521. The molecule has 1 aromatic carbocycles. The van der Waals surface area contributed by atoms with Crippen LogP contribution in [0.15, 0.2) is 35.6 Å². The van der Waals surface area contributed by atoms with Gasteiger partial charge in [0.05, 0.1) is 18.0 Å². The number of nitrogens with one attached hydrogen (secondary N) is 1. The van der Waals surface area contributed by atoms with Gasteiger partial charge in [0, 0.05) is 12.1 Å². The molecule has 1 amide bonds. The average Bonchev–Trinajstić information content (AvgIpc) is 2.80. The van der Waals surface area contributed by atoms with Crippen molar-refractivity contribution >= 4 is 12.1 Å². The SMILES string of the molecule is CCn1ncc(C=NNC(=O)c2ccc(F)cc2)c1F. The average molecular weight is 278 g/mol. The topological polar surface area (TPSA) is 59.3 Å². The van der Waals surface area contributed by atoms with E-state index in [0.717, 1.165) is 6.21 Å². The fourth-order valence-corrected chi connectivity index (χ4v) is 1.52. The molecule has 0 aliphatic rings. The van der Waals surface area contributed by atoms with Gasteiger partial charge in [-0.25, -0.2) is 14.5 Å². The molecule has 7 heteroatoms. The molecule has 0 saturated carbocycles. The predicted molar refractivity (Wildman–Crippen MR) is 69.3 cm³/mol. The van der Waals surface area contributed by atoms with Crippen LogP contribution in [0.5, 0.6) is 0 Å².